The minimum atomic E-state index is -0.238. The van der Waals surface area contributed by atoms with E-state index < -0.39 is 0 Å². The van der Waals surface area contributed by atoms with E-state index in [0.29, 0.717) is 18.8 Å². The molecule has 0 spiro atoms. The van der Waals surface area contributed by atoms with E-state index in [9.17, 15) is 9.18 Å². The summed E-state index contributed by atoms with van der Waals surface area (Å²) in [4.78, 5) is 20.1. The Kier molecular flexibility index (Phi) is 4.18. The summed E-state index contributed by atoms with van der Waals surface area (Å²) < 4.78 is 12.9. The third-order valence-corrected chi connectivity index (χ3v) is 3.67. The van der Waals surface area contributed by atoms with Gasteiger partial charge in [-0.1, -0.05) is 0 Å². The Bertz CT molecular complexity index is 624. The number of hydrogen-bond acceptors (Lipinski definition) is 3. The fourth-order valence-electron chi connectivity index (χ4n) is 2.46. The summed E-state index contributed by atoms with van der Waals surface area (Å²) >= 11 is 0. The Morgan fingerprint density at radius 2 is 1.82 bits per heavy atom. The molecule has 0 bridgehead atoms. The number of hydrogen-bond donors (Lipinski definition) is 1. The van der Waals surface area contributed by atoms with Gasteiger partial charge in [0.15, 0.2) is 0 Å². The van der Waals surface area contributed by atoms with E-state index in [0.717, 1.165) is 18.8 Å². The molecule has 3 rings (SSSR count). The maximum atomic E-state index is 12.9. The van der Waals surface area contributed by atoms with Crippen molar-refractivity contribution in [3.8, 4) is 0 Å². The number of rotatable bonds is 2. The molecule has 2 heterocycles. The average Bonchev–Trinajstić information content (AvgIpc) is 2.57. The number of urea groups is 1. The standard InChI is InChI=1S/C16H17FN4O/c17-13-3-5-15(6-4-13)20-8-10-21(11-9-20)16(22)19-14-2-1-7-18-12-14/h1-7,12H,8-11H2,(H,19,22). The molecule has 2 aromatic rings. The summed E-state index contributed by atoms with van der Waals surface area (Å²) in [6.45, 7) is 2.71. The number of carbonyl (C=O) groups excluding carboxylic acids is 1. The monoisotopic (exact) mass is 300 g/mol. The third-order valence-electron chi connectivity index (χ3n) is 3.67. The number of amides is 2. The van der Waals surface area contributed by atoms with Gasteiger partial charge >= 0.3 is 6.03 Å². The fourth-order valence-corrected chi connectivity index (χ4v) is 2.46. The van der Waals surface area contributed by atoms with E-state index in [1.54, 1.807) is 41.6 Å². The summed E-state index contributed by atoms with van der Waals surface area (Å²) in [5, 5.41) is 2.83. The smallest absolute Gasteiger partial charge is 0.322 e. The minimum Gasteiger partial charge on any atom is -0.368 e. The van der Waals surface area contributed by atoms with Crippen LogP contribution in [0.15, 0.2) is 48.8 Å². The van der Waals surface area contributed by atoms with Gasteiger partial charge in [0, 0.05) is 38.1 Å². The fraction of sp³-hybridized carbons (Fsp3) is 0.250. The first kappa shape index (κ1) is 14.3. The molecule has 1 N–H and O–H groups in total. The van der Waals surface area contributed by atoms with Crippen molar-refractivity contribution in [2.45, 2.75) is 0 Å². The number of anilines is 2. The number of benzene rings is 1. The molecular weight excluding hydrogens is 283 g/mol. The highest BCUT2D eigenvalue weighted by Gasteiger charge is 2.21. The second-order valence-corrected chi connectivity index (χ2v) is 5.12. The van der Waals surface area contributed by atoms with Crippen LogP contribution >= 0.6 is 0 Å². The average molecular weight is 300 g/mol. The summed E-state index contributed by atoms with van der Waals surface area (Å²) in [6.07, 6.45) is 3.28. The Morgan fingerprint density at radius 1 is 1.09 bits per heavy atom. The largest absolute Gasteiger partial charge is 0.368 e. The van der Waals surface area contributed by atoms with Crippen molar-refractivity contribution >= 4 is 17.4 Å². The van der Waals surface area contributed by atoms with Gasteiger partial charge in [-0.3, -0.25) is 4.98 Å². The zero-order valence-electron chi connectivity index (χ0n) is 12.1. The lowest BCUT2D eigenvalue weighted by atomic mass is 10.2. The molecule has 5 nitrogen and oxygen atoms in total. The predicted octanol–water partition coefficient (Wildman–Crippen LogP) is 2.57. The SMILES string of the molecule is O=C(Nc1cccnc1)N1CCN(c2ccc(F)cc2)CC1. The van der Waals surface area contributed by atoms with Crippen molar-refractivity contribution < 1.29 is 9.18 Å². The van der Waals surface area contributed by atoms with Gasteiger partial charge in [-0.25, -0.2) is 9.18 Å². The van der Waals surface area contributed by atoms with Crippen molar-refractivity contribution in [3.05, 3.63) is 54.6 Å². The number of carbonyl (C=O) groups is 1. The van der Waals surface area contributed by atoms with E-state index in [1.165, 1.54) is 12.1 Å². The van der Waals surface area contributed by atoms with Gasteiger partial charge in [0.2, 0.25) is 0 Å². The van der Waals surface area contributed by atoms with E-state index in [2.05, 4.69) is 15.2 Å². The topological polar surface area (TPSA) is 48.5 Å². The number of aromatic nitrogens is 1. The van der Waals surface area contributed by atoms with E-state index >= 15 is 0 Å². The Balaban J connectivity index is 1.55. The summed E-state index contributed by atoms with van der Waals surface area (Å²) in [7, 11) is 0. The van der Waals surface area contributed by atoms with Crippen molar-refractivity contribution in [3.63, 3.8) is 0 Å². The summed E-state index contributed by atoms with van der Waals surface area (Å²) in [5.74, 6) is -0.238. The molecule has 1 aromatic heterocycles. The molecular formula is C16H17FN4O. The molecule has 0 unspecified atom stereocenters. The van der Waals surface area contributed by atoms with Crippen LogP contribution < -0.4 is 10.2 Å². The van der Waals surface area contributed by atoms with Crippen molar-refractivity contribution in [2.24, 2.45) is 0 Å². The molecule has 1 fully saturated rings. The first-order valence-electron chi connectivity index (χ1n) is 7.19. The highest BCUT2D eigenvalue weighted by Crippen LogP contribution is 2.17. The van der Waals surface area contributed by atoms with Crippen LogP contribution in [-0.4, -0.2) is 42.1 Å². The van der Waals surface area contributed by atoms with E-state index in [4.69, 9.17) is 0 Å². The van der Waals surface area contributed by atoms with Gasteiger partial charge in [-0.05, 0) is 36.4 Å². The molecule has 22 heavy (non-hydrogen) atoms. The van der Waals surface area contributed by atoms with Gasteiger partial charge in [0.1, 0.15) is 5.82 Å². The first-order valence-corrected chi connectivity index (χ1v) is 7.19. The Morgan fingerprint density at radius 3 is 2.45 bits per heavy atom. The Labute approximate surface area is 128 Å². The van der Waals surface area contributed by atoms with Crippen LogP contribution in [0.1, 0.15) is 0 Å². The van der Waals surface area contributed by atoms with Crippen molar-refractivity contribution in [1.29, 1.82) is 0 Å². The van der Waals surface area contributed by atoms with Crippen LogP contribution in [-0.2, 0) is 0 Å². The third kappa shape index (κ3) is 3.33. The van der Waals surface area contributed by atoms with Gasteiger partial charge in [0.05, 0.1) is 11.9 Å². The molecule has 0 aliphatic carbocycles. The lowest BCUT2D eigenvalue weighted by molar-refractivity contribution is 0.208. The zero-order chi connectivity index (χ0) is 15.4. The molecule has 0 atom stereocenters. The molecule has 0 saturated carbocycles. The molecule has 114 valence electrons. The maximum Gasteiger partial charge on any atom is 0.322 e. The second kappa shape index (κ2) is 6.43. The van der Waals surface area contributed by atoms with Crippen LogP contribution in [0.25, 0.3) is 0 Å². The Hall–Kier alpha value is -2.63. The molecule has 1 saturated heterocycles. The highest BCUT2D eigenvalue weighted by atomic mass is 19.1. The summed E-state index contributed by atoms with van der Waals surface area (Å²) in [6, 6.07) is 9.91. The van der Waals surface area contributed by atoms with Crippen LogP contribution in [0.2, 0.25) is 0 Å². The summed E-state index contributed by atoms with van der Waals surface area (Å²) in [5.41, 5.74) is 1.67. The van der Waals surface area contributed by atoms with Crippen LogP contribution in [0.5, 0.6) is 0 Å². The number of nitrogens with zero attached hydrogens (tertiary/aromatic N) is 3. The zero-order valence-corrected chi connectivity index (χ0v) is 12.1. The molecule has 1 aromatic carbocycles. The molecule has 0 radical (unpaired) electrons. The van der Waals surface area contributed by atoms with Crippen LogP contribution in [0.4, 0.5) is 20.6 Å². The lowest BCUT2D eigenvalue weighted by Gasteiger charge is -2.36. The maximum absolute atomic E-state index is 12.9. The number of piperazine rings is 1. The predicted molar refractivity (Wildman–Crippen MR) is 83.4 cm³/mol. The molecule has 6 heteroatoms. The van der Waals surface area contributed by atoms with E-state index in [-0.39, 0.29) is 11.8 Å². The van der Waals surface area contributed by atoms with Gasteiger partial charge in [-0.2, -0.15) is 0 Å². The van der Waals surface area contributed by atoms with Crippen LogP contribution in [0, 0.1) is 5.82 Å². The van der Waals surface area contributed by atoms with Crippen molar-refractivity contribution in [2.75, 3.05) is 36.4 Å². The van der Waals surface area contributed by atoms with Gasteiger partial charge < -0.3 is 15.1 Å². The second-order valence-electron chi connectivity index (χ2n) is 5.12. The van der Waals surface area contributed by atoms with Crippen molar-refractivity contribution in [1.82, 2.24) is 9.88 Å². The normalized spacial score (nSPS) is 14.8. The lowest BCUT2D eigenvalue weighted by Crippen LogP contribution is -2.50. The van der Waals surface area contributed by atoms with E-state index in [1.807, 2.05) is 0 Å². The molecule has 1 aliphatic heterocycles. The highest BCUT2D eigenvalue weighted by molar-refractivity contribution is 5.89. The minimum absolute atomic E-state index is 0.119. The van der Waals surface area contributed by atoms with Crippen LogP contribution in [0.3, 0.4) is 0 Å². The number of nitrogens with one attached hydrogen (secondary N) is 1. The molecule has 1 aliphatic rings. The number of halogens is 1. The van der Waals surface area contributed by atoms with Gasteiger partial charge in [-0.15, -0.1) is 0 Å². The quantitative estimate of drug-likeness (QED) is 0.927. The first-order chi connectivity index (χ1) is 10.7. The molecule has 2 amide bonds. The van der Waals surface area contributed by atoms with Gasteiger partial charge in [0.25, 0.3) is 0 Å². The number of pyridine rings is 1.